The van der Waals surface area contributed by atoms with Crippen molar-refractivity contribution in [1.82, 2.24) is 0 Å². The number of aryl methyl sites for hydroxylation is 1. The van der Waals surface area contributed by atoms with Crippen LogP contribution in [0.3, 0.4) is 0 Å². The molecule has 260 valence electrons. The van der Waals surface area contributed by atoms with Crippen LogP contribution in [0.15, 0.2) is 109 Å². The largest absolute Gasteiger partial charge is 0.455 e. The van der Waals surface area contributed by atoms with E-state index < -0.39 is 58.8 Å². The van der Waals surface area contributed by atoms with E-state index in [9.17, 15) is 35.9 Å². The number of esters is 2. The molecule has 5 aromatic carbocycles. The third kappa shape index (κ3) is 5.66. The molecule has 0 spiro atoms. The summed E-state index contributed by atoms with van der Waals surface area (Å²) in [4.78, 5) is 27.6. The number of rotatable bonds is 8. The SMILES string of the molecule is CO[C@@](C(=O)O[C@H]1CCc2cc3c(ccc4ccccc43)cc2[C@H]1OC(=O)[C@](OC)(c1ccccc1)C(F)(F)F)(c1ccccc1)C(F)(F)F. The molecule has 0 fully saturated rings. The van der Waals surface area contributed by atoms with E-state index in [1.165, 1.54) is 36.4 Å². The number of carbonyl (C=O) groups excluding carboxylic acids is 2. The third-order valence-corrected chi connectivity index (χ3v) is 9.19. The Morgan fingerprint density at radius 1 is 0.600 bits per heavy atom. The number of hydrogen-bond donors (Lipinski definition) is 0. The standard InChI is InChI=1S/C38H30F6O6/c1-47-35(37(39,40)41,26-12-5-3-6-13-26)33(45)49-31-20-19-25-21-29-24(18-17-23-11-9-10-16-28(23)29)22-30(25)32(31)50-34(46)36(48-2,38(42,43)44)27-14-7-4-8-15-27/h3-18,21-22,31-32H,19-20H2,1-2H3/t31-,32+,35+,36+/m0/s1. The van der Waals surface area contributed by atoms with Crippen LogP contribution in [-0.4, -0.2) is 44.6 Å². The molecule has 0 amide bonds. The third-order valence-electron chi connectivity index (χ3n) is 9.19. The van der Waals surface area contributed by atoms with Crippen LogP contribution in [0.4, 0.5) is 26.3 Å². The maximum Gasteiger partial charge on any atom is 0.432 e. The molecule has 0 radical (unpaired) electrons. The summed E-state index contributed by atoms with van der Waals surface area (Å²) in [6.07, 6.45) is -14.2. The number of carbonyl (C=O) groups is 2. The molecule has 50 heavy (non-hydrogen) atoms. The van der Waals surface area contributed by atoms with Gasteiger partial charge in [-0.3, -0.25) is 0 Å². The number of alkyl halides is 6. The van der Waals surface area contributed by atoms with Crippen LogP contribution in [0, 0.1) is 0 Å². The molecule has 0 aliphatic heterocycles. The number of hydrogen-bond acceptors (Lipinski definition) is 6. The van der Waals surface area contributed by atoms with Gasteiger partial charge in [-0.15, -0.1) is 0 Å². The molecule has 0 bridgehead atoms. The van der Waals surface area contributed by atoms with Crippen molar-refractivity contribution in [2.45, 2.75) is 48.6 Å². The van der Waals surface area contributed by atoms with E-state index in [1.54, 1.807) is 18.2 Å². The van der Waals surface area contributed by atoms with Gasteiger partial charge in [0.15, 0.2) is 6.10 Å². The van der Waals surface area contributed by atoms with Crippen molar-refractivity contribution < 1.29 is 54.9 Å². The summed E-state index contributed by atoms with van der Waals surface area (Å²) in [5, 5.41) is 3.21. The number of ether oxygens (including phenoxy) is 4. The van der Waals surface area contributed by atoms with Crippen molar-refractivity contribution in [3.05, 3.63) is 131 Å². The maximum absolute atomic E-state index is 14.9. The first kappa shape index (κ1) is 34.9. The highest BCUT2D eigenvalue weighted by atomic mass is 19.4. The highest BCUT2D eigenvalue weighted by Crippen LogP contribution is 2.48. The van der Waals surface area contributed by atoms with Gasteiger partial charge in [-0.05, 0) is 46.0 Å². The Bertz CT molecular complexity index is 2030. The lowest BCUT2D eigenvalue weighted by molar-refractivity contribution is -0.286. The summed E-state index contributed by atoms with van der Waals surface area (Å²) in [5.74, 6) is -3.77. The minimum Gasteiger partial charge on any atom is -0.455 e. The monoisotopic (exact) mass is 696 g/mol. The lowest BCUT2D eigenvalue weighted by Gasteiger charge is -2.39. The fourth-order valence-electron chi connectivity index (χ4n) is 6.70. The molecule has 0 unspecified atom stereocenters. The number of fused-ring (bicyclic) bond motifs is 4. The summed E-state index contributed by atoms with van der Waals surface area (Å²) >= 11 is 0. The maximum atomic E-state index is 14.9. The Kier molecular flexibility index (Phi) is 9.12. The molecular weight excluding hydrogens is 666 g/mol. The molecule has 0 aromatic heterocycles. The predicted octanol–water partition coefficient (Wildman–Crippen LogP) is 8.64. The molecule has 1 aliphatic rings. The van der Waals surface area contributed by atoms with Crippen molar-refractivity contribution in [3.8, 4) is 0 Å². The normalized spacial score (nSPS) is 18.9. The lowest BCUT2D eigenvalue weighted by atomic mass is 9.84. The quantitative estimate of drug-likeness (QED) is 0.0920. The Labute approximate surface area is 282 Å². The summed E-state index contributed by atoms with van der Waals surface area (Å²) < 4.78 is 110. The van der Waals surface area contributed by atoms with Gasteiger partial charge in [0.05, 0.1) is 0 Å². The van der Waals surface area contributed by atoms with Gasteiger partial charge in [0.1, 0.15) is 6.10 Å². The Balaban J connectivity index is 1.49. The second kappa shape index (κ2) is 13.1. The van der Waals surface area contributed by atoms with E-state index in [-0.39, 0.29) is 18.4 Å². The molecule has 6 rings (SSSR count). The Morgan fingerprint density at radius 3 is 1.64 bits per heavy atom. The van der Waals surface area contributed by atoms with Crippen molar-refractivity contribution in [2.75, 3.05) is 14.2 Å². The molecule has 5 aromatic rings. The van der Waals surface area contributed by atoms with Crippen LogP contribution < -0.4 is 0 Å². The minimum absolute atomic E-state index is 0.130. The highest BCUT2D eigenvalue weighted by molar-refractivity contribution is 6.08. The summed E-state index contributed by atoms with van der Waals surface area (Å²) in [6, 6.07) is 26.7. The molecule has 0 N–H and O–H groups in total. The van der Waals surface area contributed by atoms with E-state index in [0.717, 1.165) is 40.4 Å². The first-order valence-corrected chi connectivity index (χ1v) is 15.5. The van der Waals surface area contributed by atoms with Crippen LogP contribution >= 0.6 is 0 Å². The van der Waals surface area contributed by atoms with E-state index in [1.807, 2.05) is 30.3 Å². The summed E-state index contributed by atoms with van der Waals surface area (Å²) in [5.41, 5.74) is -7.68. The Hall–Kier alpha value is -4.94. The molecule has 0 saturated carbocycles. The van der Waals surface area contributed by atoms with Crippen LogP contribution in [0.1, 0.15) is 34.8 Å². The van der Waals surface area contributed by atoms with Crippen molar-refractivity contribution in [3.63, 3.8) is 0 Å². The first-order chi connectivity index (χ1) is 23.8. The van der Waals surface area contributed by atoms with Gasteiger partial charge in [-0.25, -0.2) is 9.59 Å². The number of benzene rings is 5. The molecule has 1 aliphatic carbocycles. The first-order valence-electron chi connectivity index (χ1n) is 15.5. The average Bonchev–Trinajstić information content (AvgIpc) is 3.09. The van der Waals surface area contributed by atoms with Crippen LogP contribution in [-0.2, 0) is 46.2 Å². The van der Waals surface area contributed by atoms with Gasteiger partial charge in [-0.1, -0.05) is 103 Å². The second-order valence-electron chi connectivity index (χ2n) is 11.9. The Morgan fingerprint density at radius 2 is 1.10 bits per heavy atom. The van der Waals surface area contributed by atoms with Crippen molar-refractivity contribution >= 4 is 33.5 Å². The average molecular weight is 697 g/mol. The number of methoxy groups -OCH3 is 2. The van der Waals surface area contributed by atoms with Crippen LogP contribution in [0.2, 0.25) is 0 Å². The van der Waals surface area contributed by atoms with Crippen molar-refractivity contribution in [1.29, 1.82) is 0 Å². The van der Waals surface area contributed by atoms with E-state index in [0.29, 0.717) is 25.2 Å². The van der Waals surface area contributed by atoms with Crippen molar-refractivity contribution in [2.24, 2.45) is 0 Å². The smallest absolute Gasteiger partial charge is 0.432 e. The zero-order valence-electron chi connectivity index (χ0n) is 26.7. The summed E-state index contributed by atoms with van der Waals surface area (Å²) in [7, 11) is 1.39. The lowest BCUT2D eigenvalue weighted by Crippen LogP contribution is -2.54. The fraction of sp³-hybridized carbons (Fsp3) is 0.263. The van der Waals surface area contributed by atoms with Crippen LogP contribution in [0.5, 0.6) is 0 Å². The molecule has 6 nitrogen and oxygen atoms in total. The van der Waals surface area contributed by atoms with E-state index in [2.05, 4.69) is 0 Å². The molecule has 0 saturated heterocycles. The van der Waals surface area contributed by atoms with Gasteiger partial charge in [-0.2, -0.15) is 26.3 Å². The summed E-state index contributed by atoms with van der Waals surface area (Å²) in [6.45, 7) is 0. The highest BCUT2D eigenvalue weighted by Gasteiger charge is 2.66. The number of halogens is 6. The van der Waals surface area contributed by atoms with Gasteiger partial charge in [0, 0.05) is 30.9 Å². The van der Waals surface area contributed by atoms with E-state index in [4.69, 9.17) is 18.9 Å². The molecular formula is C38H30F6O6. The zero-order valence-corrected chi connectivity index (χ0v) is 26.7. The van der Waals surface area contributed by atoms with Gasteiger partial charge in [0.2, 0.25) is 0 Å². The van der Waals surface area contributed by atoms with Crippen LogP contribution in [0.25, 0.3) is 21.5 Å². The van der Waals surface area contributed by atoms with Gasteiger partial charge >= 0.3 is 24.3 Å². The molecule has 12 heteroatoms. The molecule has 0 heterocycles. The topological polar surface area (TPSA) is 71.1 Å². The predicted molar refractivity (Wildman–Crippen MR) is 171 cm³/mol. The minimum atomic E-state index is -5.35. The van der Waals surface area contributed by atoms with E-state index >= 15 is 0 Å². The van der Waals surface area contributed by atoms with Gasteiger partial charge in [0.25, 0.3) is 11.2 Å². The van der Waals surface area contributed by atoms with Gasteiger partial charge < -0.3 is 18.9 Å². The zero-order chi connectivity index (χ0) is 35.9. The molecule has 4 atom stereocenters. The fourth-order valence-corrected chi connectivity index (χ4v) is 6.70. The second-order valence-corrected chi connectivity index (χ2v) is 11.9.